The number of nitrogens with zero attached hydrogens (tertiary/aromatic N) is 12. The summed E-state index contributed by atoms with van der Waals surface area (Å²) in [7, 11) is 0. The van der Waals surface area contributed by atoms with Crippen LogP contribution in [0, 0.1) is 113 Å². The van der Waals surface area contributed by atoms with Crippen molar-refractivity contribution in [1.82, 2.24) is 9.13 Å². The van der Waals surface area contributed by atoms with Gasteiger partial charge in [0.05, 0.1) is 155 Å². The monoisotopic (exact) mass is 1180 g/mol. The van der Waals surface area contributed by atoms with Gasteiger partial charge in [-0.3, -0.25) is 0 Å². The van der Waals surface area contributed by atoms with Gasteiger partial charge in [-0.2, -0.15) is 65.8 Å². The van der Waals surface area contributed by atoms with Gasteiger partial charge in [-0.25, -0.2) is 0 Å². The summed E-state index contributed by atoms with van der Waals surface area (Å²) in [6.45, 7) is 0. The minimum absolute atomic E-state index is 0.199. The fourth-order valence-electron chi connectivity index (χ4n) is 12.2. The quantitative estimate of drug-likeness (QED) is 0.139. The Kier molecular flexibility index (Phi) is 13.9. The lowest BCUT2D eigenvalue weighted by molar-refractivity contribution is -0.137. The summed E-state index contributed by atoms with van der Waals surface area (Å²) in [5, 5.41) is 104. The number of hydrogen-bond donors (Lipinski definition) is 0. The summed E-state index contributed by atoms with van der Waals surface area (Å²) >= 11 is 0. The van der Waals surface area contributed by atoms with Crippen LogP contribution in [0.15, 0.2) is 200 Å². The molecule has 13 aromatic rings. The molecular formula is C77H33F3N12. The summed E-state index contributed by atoms with van der Waals surface area (Å²) in [6.07, 6.45) is -4.76. The van der Waals surface area contributed by atoms with E-state index in [2.05, 4.69) is 54.6 Å². The third kappa shape index (κ3) is 9.89. The third-order valence-corrected chi connectivity index (χ3v) is 16.3. The number of fused-ring (bicyclic) bond motifs is 6. The summed E-state index contributed by atoms with van der Waals surface area (Å²) in [5.74, 6) is 0. The molecule has 0 bridgehead atoms. The molecule has 0 spiro atoms. The molecule has 0 atom stereocenters. The molecule has 0 aliphatic heterocycles. The maximum Gasteiger partial charge on any atom is 0.416 e. The van der Waals surface area contributed by atoms with Gasteiger partial charge in [0.2, 0.25) is 0 Å². The molecular weight excluding hydrogens is 1150 g/mol. The molecule has 0 unspecified atom stereocenters. The first-order valence-electron chi connectivity index (χ1n) is 28.0. The molecule has 2 aromatic heterocycles. The van der Waals surface area contributed by atoms with Crippen LogP contribution in [0.3, 0.4) is 0 Å². The van der Waals surface area contributed by atoms with Crippen molar-refractivity contribution in [3.63, 3.8) is 0 Å². The van der Waals surface area contributed by atoms with Crippen molar-refractivity contribution in [1.29, 1.82) is 52.6 Å². The molecule has 0 fully saturated rings. The molecule has 13 rings (SSSR count). The van der Waals surface area contributed by atoms with E-state index in [0.29, 0.717) is 116 Å². The van der Waals surface area contributed by atoms with Gasteiger partial charge in [0.1, 0.15) is 0 Å². The van der Waals surface area contributed by atoms with Gasteiger partial charge >= 0.3 is 6.18 Å². The Labute approximate surface area is 522 Å². The number of benzene rings is 11. The summed E-state index contributed by atoms with van der Waals surface area (Å²) in [5.41, 5.74) is 11.3. The minimum atomic E-state index is -4.76. The van der Waals surface area contributed by atoms with Crippen molar-refractivity contribution < 1.29 is 13.2 Å². The van der Waals surface area contributed by atoms with Crippen molar-refractivity contribution in [3.8, 4) is 139 Å². The third-order valence-electron chi connectivity index (χ3n) is 16.3. The van der Waals surface area contributed by atoms with Crippen LogP contribution < -0.4 is 0 Å². The van der Waals surface area contributed by atoms with E-state index in [0.717, 1.165) is 12.1 Å². The van der Waals surface area contributed by atoms with Gasteiger partial charge in [-0.15, -0.1) is 0 Å². The first kappa shape index (κ1) is 56.8. The lowest BCUT2D eigenvalue weighted by Crippen LogP contribution is -2.05. The maximum absolute atomic E-state index is 14.3. The van der Waals surface area contributed by atoms with E-state index in [4.69, 9.17) is 0 Å². The average molecular weight is 1180 g/mol. The Bertz CT molecular complexity index is 5510. The van der Waals surface area contributed by atoms with E-state index in [1.54, 1.807) is 78.9 Å². The van der Waals surface area contributed by atoms with Crippen molar-refractivity contribution in [2.24, 2.45) is 0 Å². The predicted octanol–water partition coefficient (Wildman–Crippen LogP) is 17.6. The largest absolute Gasteiger partial charge is 0.416 e. The number of aromatic nitrogens is 2. The summed E-state index contributed by atoms with van der Waals surface area (Å²) in [6, 6.07) is 77.3. The highest BCUT2D eigenvalue weighted by atomic mass is 19.4. The molecule has 2 heterocycles. The topological polar surface area (TPSA) is 248 Å². The summed E-state index contributed by atoms with van der Waals surface area (Å²) in [4.78, 5) is 0. The molecule has 11 aromatic carbocycles. The minimum Gasteiger partial charge on any atom is -0.309 e. The SMILES string of the molecule is N#Cc1cc(C#N)cc(-c2ccc3c(c2)c2cc(-c4cc(C#N)cc(C#N)c4)ccc2n3-c2ccc(-c3ccc(C(F)(F)F)cc3C#N)cc2-c2ccc(C#N)cc2-n2c3ccc(-c4cc(C#N)cc(C#N)c4)cc3c3cc(-c4cc(C#N)cc(C#N)c4)ccc32)c1. The fourth-order valence-corrected chi connectivity index (χ4v) is 12.2. The zero-order chi connectivity index (χ0) is 64.1. The first-order chi connectivity index (χ1) is 44.7. The Morgan fingerprint density at radius 3 is 0.891 bits per heavy atom. The lowest BCUT2D eigenvalue weighted by atomic mass is 9.92. The number of rotatable bonds is 8. The van der Waals surface area contributed by atoms with Crippen molar-refractivity contribution >= 4 is 43.6 Å². The van der Waals surface area contributed by atoms with E-state index >= 15 is 0 Å². The standard InChI is InChI=1S/C77H33F3N12/c78-77(79,80)63-7-9-64(62(28-63)43-90)57-6-14-71(91-72-10-2-53(58-19-45(35-82)15-46(20-58)36-83)29-67(72)68-30-54(3-11-73(68)91)59-21-47(37-84)16-48(22-59)38-85)66(33-57)65-8-1-44(34-81)27-76(65)92-74-12-4-55(60-23-49(39-86)17-50(24-60)40-87)31-69(74)70-32-56(5-13-75(70)92)61-25-51(41-88)18-52(26-61)42-89/h1-33H. The second kappa shape index (κ2) is 22.5. The lowest BCUT2D eigenvalue weighted by Gasteiger charge is -2.20. The van der Waals surface area contributed by atoms with Crippen LogP contribution in [0.25, 0.3) is 122 Å². The Balaban J connectivity index is 1.14. The highest BCUT2D eigenvalue weighted by Crippen LogP contribution is 2.46. The molecule has 0 saturated carbocycles. The molecule has 15 heteroatoms. The van der Waals surface area contributed by atoms with Crippen LogP contribution in [0.4, 0.5) is 13.2 Å². The second-order valence-electron chi connectivity index (χ2n) is 21.6. The van der Waals surface area contributed by atoms with Gasteiger partial charge in [-0.1, -0.05) is 42.5 Å². The molecule has 422 valence electrons. The van der Waals surface area contributed by atoms with E-state index < -0.39 is 11.7 Å². The second-order valence-corrected chi connectivity index (χ2v) is 21.6. The molecule has 0 saturated heterocycles. The van der Waals surface area contributed by atoms with E-state index in [-0.39, 0.29) is 61.2 Å². The van der Waals surface area contributed by atoms with Crippen LogP contribution in [0.5, 0.6) is 0 Å². The number of hydrogen-bond acceptors (Lipinski definition) is 10. The zero-order valence-electron chi connectivity index (χ0n) is 47.6. The van der Waals surface area contributed by atoms with Crippen LogP contribution in [-0.2, 0) is 6.18 Å². The summed E-state index contributed by atoms with van der Waals surface area (Å²) < 4.78 is 47.0. The predicted molar refractivity (Wildman–Crippen MR) is 340 cm³/mol. The highest BCUT2D eigenvalue weighted by molar-refractivity contribution is 6.14. The Morgan fingerprint density at radius 2 is 0.565 bits per heavy atom. The average Bonchev–Trinajstić information content (AvgIpc) is 1.55. The molecule has 0 N–H and O–H groups in total. The van der Waals surface area contributed by atoms with Crippen LogP contribution in [-0.4, -0.2) is 9.13 Å². The van der Waals surface area contributed by atoms with Crippen LogP contribution in [0.1, 0.15) is 61.2 Å². The Hall–Kier alpha value is -14.3. The normalized spacial score (nSPS) is 10.9. The fraction of sp³-hybridized carbons (Fsp3) is 0.0130. The van der Waals surface area contributed by atoms with Gasteiger partial charge in [-0.05, 0) is 213 Å². The molecule has 92 heavy (non-hydrogen) atoms. The first-order valence-corrected chi connectivity index (χ1v) is 28.0. The van der Waals surface area contributed by atoms with Gasteiger partial charge < -0.3 is 9.13 Å². The van der Waals surface area contributed by atoms with Gasteiger partial charge in [0, 0.05) is 32.7 Å². The maximum atomic E-state index is 14.3. The molecule has 0 radical (unpaired) electrons. The van der Waals surface area contributed by atoms with Gasteiger partial charge in [0.15, 0.2) is 0 Å². The Morgan fingerprint density at radius 1 is 0.239 bits per heavy atom. The number of nitriles is 10. The van der Waals surface area contributed by atoms with E-state index in [1.165, 1.54) is 30.3 Å². The number of alkyl halides is 3. The van der Waals surface area contributed by atoms with Crippen LogP contribution in [0.2, 0.25) is 0 Å². The molecule has 0 aliphatic rings. The molecule has 12 nitrogen and oxygen atoms in total. The molecule has 0 aliphatic carbocycles. The van der Waals surface area contributed by atoms with E-state index in [1.807, 2.05) is 94.1 Å². The van der Waals surface area contributed by atoms with Crippen molar-refractivity contribution in [2.75, 3.05) is 0 Å². The van der Waals surface area contributed by atoms with Crippen molar-refractivity contribution in [2.45, 2.75) is 6.18 Å². The number of halogens is 3. The highest BCUT2D eigenvalue weighted by Gasteiger charge is 2.32. The smallest absolute Gasteiger partial charge is 0.309 e. The van der Waals surface area contributed by atoms with E-state index in [9.17, 15) is 65.8 Å². The van der Waals surface area contributed by atoms with Crippen molar-refractivity contribution in [3.05, 3.63) is 261 Å². The van der Waals surface area contributed by atoms with Crippen LogP contribution >= 0.6 is 0 Å². The zero-order valence-corrected chi connectivity index (χ0v) is 47.6. The molecule has 0 amide bonds. The van der Waals surface area contributed by atoms with Gasteiger partial charge in [0.25, 0.3) is 0 Å².